The highest BCUT2D eigenvalue weighted by atomic mass is 32.2. The second-order valence-electron chi connectivity index (χ2n) is 4.23. The molecule has 1 aromatic carbocycles. The number of primary amides is 1. The van der Waals surface area contributed by atoms with Crippen molar-refractivity contribution in [1.82, 2.24) is 9.97 Å². The SMILES string of the molecule is Cc1cccc(Nc2nc(S(C)=O)ncc2C(N)=O)c1. The van der Waals surface area contributed by atoms with E-state index < -0.39 is 16.7 Å². The van der Waals surface area contributed by atoms with Gasteiger partial charge in [-0.05, 0) is 24.6 Å². The predicted octanol–water partition coefficient (Wildman–Crippen LogP) is 1.36. The smallest absolute Gasteiger partial charge is 0.254 e. The third-order valence-electron chi connectivity index (χ3n) is 2.57. The van der Waals surface area contributed by atoms with Crippen LogP contribution in [0.1, 0.15) is 15.9 Å². The molecule has 0 aliphatic heterocycles. The lowest BCUT2D eigenvalue weighted by molar-refractivity contribution is 0.100. The van der Waals surface area contributed by atoms with Crippen molar-refractivity contribution in [2.75, 3.05) is 11.6 Å². The van der Waals surface area contributed by atoms with Crippen LogP contribution in [0.3, 0.4) is 0 Å². The Kier molecular flexibility index (Phi) is 4.09. The van der Waals surface area contributed by atoms with Crippen LogP contribution >= 0.6 is 0 Å². The van der Waals surface area contributed by atoms with Crippen LogP contribution in [0.25, 0.3) is 0 Å². The van der Waals surface area contributed by atoms with Crippen LogP contribution < -0.4 is 11.1 Å². The van der Waals surface area contributed by atoms with Crippen molar-refractivity contribution < 1.29 is 9.00 Å². The Hall–Kier alpha value is -2.28. The molecule has 1 aromatic heterocycles. The standard InChI is InChI=1S/C13H14N4O2S/c1-8-4-3-5-9(6-8)16-12-10(11(14)18)7-15-13(17-12)20(2)19/h3-7H,1-2H3,(H2,14,18)(H,15,16,17). The number of rotatable bonds is 4. The summed E-state index contributed by atoms with van der Waals surface area (Å²) in [5.41, 5.74) is 7.27. The van der Waals surface area contributed by atoms with E-state index in [1.54, 1.807) is 0 Å². The summed E-state index contributed by atoms with van der Waals surface area (Å²) < 4.78 is 11.4. The van der Waals surface area contributed by atoms with Crippen molar-refractivity contribution in [2.45, 2.75) is 12.1 Å². The molecular weight excluding hydrogens is 276 g/mol. The molecule has 0 aliphatic rings. The predicted molar refractivity (Wildman–Crippen MR) is 77.3 cm³/mol. The Labute approximate surface area is 118 Å². The van der Waals surface area contributed by atoms with Gasteiger partial charge < -0.3 is 11.1 Å². The van der Waals surface area contributed by atoms with Gasteiger partial charge in [-0.3, -0.25) is 9.00 Å². The molecule has 0 aliphatic carbocycles. The van der Waals surface area contributed by atoms with Crippen LogP contribution in [-0.2, 0) is 10.8 Å². The maximum absolute atomic E-state index is 11.4. The van der Waals surface area contributed by atoms with E-state index in [2.05, 4.69) is 15.3 Å². The average molecular weight is 290 g/mol. The molecule has 1 amide bonds. The highest BCUT2D eigenvalue weighted by molar-refractivity contribution is 7.84. The lowest BCUT2D eigenvalue weighted by Gasteiger charge is -2.10. The maximum atomic E-state index is 11.4. The molecule has 7 heteroatoms. The molecule has 104 valence electrons. The Balaban J connectivity index is 2.44. The zero-order chi connectivity index (χ0) is 14.7. The molecule has 0 saturated carbocycles. The second-order valence-corrected chi connectivity index (χ2v) is 5.50. The van der Waals surface area contributed by atoms with Crippen LogP contribution in [0.4, 0.5) is 11.5 Å². The average Bonchev–Trinajstić information content (AvgIpc) is 2.38. The Morgan fingerprint density at radius 2 is 2.15 bits per heavy atom. The van der Waals surface area contributed by atoms with Gasteiger partial charge >= 0.3 is 0 Å². The van der Waals surface area contributed by atoms with Crippen LogP contribution in [0, 0.1) is 6.92 Å². The first kappa shape index (κ1) is 14.1. The molecule has 0 spiro atoms. The molecule has 0 saturated heterocycles. The minimum Gasteiger partial charge on any atom is -0.365 e. The van der Waals surface area contributed by atoms with Gasteiger partial charge in [0.2, 0.25) is 5.16 Å². The van der Waals surface area contributed by atoms with Gasteiger partial charge in [-0.1, -0.05) is 12.1 Å². The van der Waals surface area contributed by atoms with Crippen molar-refractivity contribution >= 4 is 28.2 Å². The molecule has 1 unspecified atom stereocenters. The molecule has 2 aromatic rings. The van der Waals surface area contributed by atoms with Crippen LogP contribution in [0.2, 0.25) is 0 Å². The van der Waals surface area contributed by atoms with Gasteiger partial charge in [0.25, 0.3) is 5.91 Å². The van der Waals surface area contributed by atoms with E-state index in [9.17, 15) is 9.00 Å². The number of nitrogens with one attached hydrogen (secondary N) is 1. The largest absolute Gasteiger partial charge is 0.365 e. The summed E-state index contributed by atoms with van der Waals surface area (Å²) in [5.74, 6) is -0.392. The summed E-state index contributed by atoms with van der Waals surface area (Å²) in [6.45, 7) is 1.95. The highest BCUT2D eigenvalue weighted by Crippen LogP contribution is 2.19. The van der Waals surface area contributed by atoms with Gasteiger partial charge in [0.1, 0.15) is 11.4 Å². The fourth-order valence-electron chi connectivity index (χ4n) is 1.64. The van der Waals surface area contributed by atoms with Gasteiger partial charge in [0.05, 0.1) is 10.8 Å². The summed E-state index contributed by atoms with van der Waals surface area (Å²) in [7, 11) is -1.34. The molecule has 0 radical (unpaired) electrons. The van der Waals surface area contributed by atoms with Crippen LogP contribution in [-0.4, -0.2) is 26.3 Å². The monoisotopic (exact) mass is 290 g/mol. The van der Waals surface area contributed by atoms with E-state index in [0.29, 0.717) is 0 Å². The first-order chi connectivity index (χ1) is 9.47. The first-order valence-electron chi connectivity index (χ1n) is 5.81. The van der Waals surface area contributed by atoms with E-state index in [-0.39, 0.29) is 16.5 Å². The molecular formula is C13H14N4O2S. The van der Waals surface area contributed by atoms with Gasteiger partial charge in [0, 0.05) is 18.1 Å². The number of carbonyl (C=O) groups is 1. The Morgan fingerprint density at radius 3 is 2.75 bits per heavy atom. The highest BCUT2D eigenvalue weighted by Gasteiger charge is 2.13. The van der Waals surface area contributed by atoms with Gasteiger partial charge in [-0.15, -0.1) is 0 Å². The third-order valence-corrected chi connectivity index (χ3v) is 3.28. The normalized spacial score (nSPS) is 11.9. The van der Waals surface area contributed by atoms with Crippen LogP contribution in [0.5, 0.6) is 0 Å². The van der Waals surface area contributed by atoms with Crippen LogP contribution in [0.15, 0.2) is 35.6 Å². The summed E-state index contributed by atoms with van der Waals surface area (Å²) in [4.78, 5) is 19.3. The van der Waals surface area contributed by atoms with Crippen molar-refractivity contribution in [1.29, 1.82) is 0 Å². The second kappa shape index (κ2) is 5.79. The maximum Gasteiger partial charge on any atom is 0.254 e. The number of nitrogens with two attached hydrogens (primary N) is 1. The number of carbonyl (C=O) groups excluding carboxylic acids is 1. The Bertz CT molecular complexity index is 688. The molecule has 20 heavy (non-hydrogen) atoms. The topological polar surface area (TPSA) is 98.0 Å². The van der Waals surface area contributed by atoms with E-state index in [1.807, 2.05) is 31.2 Å². The summed E-state index contributed by atoms with van der Waals surface area (Å²) in [6.07, 6.45) is 2.75. The van der Waals surface area contributed by atoms with Gasteiger partial charge in [-0.2, -0.15) is 0 Å². The van der Waals surface area contributed by atoms with E-state index >= 15 is 0 Å². The lowest BCUT2D eigenvalue weighted by atomic mass is 10.2. The molecule has 0 fully saturated rings. The number of hydrogen-bond acceptors (Lipinski definition) is 5. The number of aromatic nitrogens is 2. The number of hydrogen-bond donors (Lipinski definition) is 2. The Morgan fingerprint density at radius 1 is 1.40 bits per heavy atom. The molecule has 6 nitrogen and oxygen atoms in total. The molecule has 2 rings (SSSR count). The number of benzene rings is 1. The number of aryl methyl sites for hydroxylation is 1. The number of anilines is 2. The minimum absolute atomic E-state index is 0.144. The van der Waals surface area contributed by atoms with Crippen molar-refractivity contribution in [2.24, 2.45) is 5.73 Å². The lowest BCUT2D eigenvalue weighted by Crippen LogP contribution is -2.16. The van der Waals surface area contributed by atoms with E-state index in [0.717, 1.165) is 11.3 Å². The minimum atomic E-state index is -1.34. The molecule has 0 bridgehead atoms. The fraction of sp³-hybridized carbons (Fsp3) is 0.154. The molecule has 3 N–H and O–H groups in total. The summed E-state index contributed by atoms with van der Waals surface area (Å²) >= 11 is 0. The summed E-state index contributed by atoms with van der Waals surface area (Å²) in [6, 6.07) is 7.56. The summed E-state index contributed by atoms with van der Waals surface area (Å²) in [5, 5.41) is 3.15. The number of nitrogens with zero attached hydrogens (tertiary/aromatic N) is 2. The van der Waals surface area contributed by atoms with Gasteiger partial charge in [0.15, 0.2) is 0 Å². The third kappa shape index (κ3) is 3.18. The number of amides is 1. The molecule has 1 atom stereocenters. The quantitative estimate of drug-likeness (QED) is 0.829. The molecule has 1 heterocycles. The van der Waals surface area contributed by atoms with E-state index in [1.165, 1.54) is 12.5 Å². The van der Waals surface area contributed by atoms with E-state index in [4.69, 9.17) is 5.73 Å². The van der Waals surface area contributed by atoms with Crippen molar-refractivity contribution in [3.05, 3.63) is 41.6 Å². The fourth-order valence-corrected chi connectivity index (χ4v) is 2.06. The first-order valence-corrected chi connectivity index (χ1v) is 7.37. The van der Waals surface area contributed by atoms with Crippen molar-refractivity contribution in [3.63, 3.8) is 0 Å². The van der Waals surface area contributed by atoms with Gasteiger partial charge in [-0.25, -0.2) is 9.97 Å². The van der Waals surface area contributed by atoms with Crippen molar-refractivity contribution in [3.8, 4) is 0 Å². The zero-order valence-corrected chi connectivity index (χ0v) is 11.9. The zero-order valence-electron chi connectivity index (χ0n) is 11.1.